The molecule has 0 radical (unpaired) electrons. The van der Waals surface area contributed by atoms with Crippen molar-refractivity contribution in [2.75, 3.05) is 19.8 Å². The summed E-state index contributed by atoms with van der Waals surface area (Å²) in [7, 11) is 0. The molecule has 156 valence electrons. The minimum Gasteiger partial charge on any atom is -0.490 e. The van der Waals surface area contributed by atoms with Gasteiger partial charge in [0.15, 0.2) is 18.1 Å². The number of hydrogen-bond donors (Lipinski definition) is 1. The summed E-state index contributed by atoms with van der Waals surface area (Å²) < 4.78 is 16.5. The van der Waals surface area contributed by atoms with Crippen molar-refractivity contribution in [3.63, 3.8) is 0 Å². The number of rotatable bonds is 10. The third-order valence-corrected chi connectivity index (χ3v) is 4.79. The van der Waals surface area contributed by atoms with Gasteiger partial charge in [0, 0.05) is 6.04 Å². The number of esters is 1. The summed E-state index contributed by atoms with van der Waals surface area (Å²) in [5.74, 6) is 0.329. The van der Waals surface area contributed by atoms with Gasteiger partial charge in [-0.05, 0) is 44.4 Å². The number of carbonyl (C=O) groups excluding carboxylic acids is 2. The van der Waals surface area contributed by atoms with Crippen molar-refractivity contribution in [3.05, 3.63) is 23.8 Å². The van der Waals surface area contributed by atoms with Crippen molar-refractivity contribution >= 4 is 11.9 Å². The van der Waals surface area contributed by atoms with E-state index in [2.05, 4.69) is 12.2 Å². The van der Waals surface area contributed by atoms with Crippen molar-refractivity contribution < 1.29 is 23.8 Å². The van der Waals surface area contributed by atoms with Gasteiger partial charge in [0.25, 0.3) is 5.91 Å². The third-order valence-electron chi connectivity index (χ3n) is 4.79. The minimum absolute atomic E-state index is 0.192. The zero-order valence-electron chi connectivity index (χ0n) is 17.1. The first-order valence-corrected chi connectivity index (χ1v) is 10.5. The molecule has 1 aromatic rings. The van der Waals surface area contributed by atoms with E-state index < -0.39 is 5.97 Å². The highest BCUT2D eigenvalue weighted by atomic mass is 16.5. The average molecular weight is 392 g/mol. The molecular weight excluding hydrogens is 358 g/mol. The van der Waals surface area contributed by atoms with Crippen LogP contribution in [0.5, 0.6) is 11.5 Å². The van der Waals surface area contributed by atoms with Crippen LogP contribution in [-0.2, 0) is 9.53 Å². The Morgan fingerprint density at radius 1 is 1.04 bits per heavy atom. The van der Waals surface area contributed by atoms with Gasteiger partial charge in [0.1, 0.15) is 0 Å². The van der Waals surface area contributed by atoms with Crippen LogP contribution in [0, 0.1) is 0 Å². The molecule has 1 aromatic carbocycles. The van der Waals surface area contributed by atoms with Gasteiger partial charge in [-0.3, -0.25) is 4.79 Å². The van der Waals surface area contributed by atoms with Crippen molar-refractivity contribution in [2.45, 2.75) is 71.3 Å². The van der Waals surface area contributed by atoms with Gasteiger partial charge < -0.3 is 19.5 Å². The Morgan fingerprint density at radius 3 is 2.46 bits per heavy atom. The lowest BCUT2D eigenvalue weighted by molar-refractivity contribution is -0.125. The number of benzene rings is 1. The van der Waals surface area contributed by atoms with Crippen molar-refractivity contribution in [1.29, 1.82) is 0 Å². The molecule has 0 unspecified atom stereocenters. The number of carbonyl (C=O) groups is 2. The highest BCUT2D eigenvalue weighted by Crippen LogP contribution is 2.29. The Bertz CT molecular complexity index is 623. The molecule has 0 atom stereocenters. The first-order chi connectivity index (χ1) is 13.6. The molecule has 1 fully saturated rings. The molecule has 1 N–H and O–H groups in total. The van der Waals surface area contributed by atoms with E-state index in [1.165, 1.54) is 12.8 Å². The Morgan fingerprint density at radius 2 is 1.79 bits per heavy atom. The predicted octanol–water partition coefficient (Wildman–Crippen LogP) is 4.26. The molecule has 0 aromatic heterocycles. The van der Waals surface area contributed by atoms with Crippen LogP contribution in [0.25, 0.3) is 0 Å². The van der Waals surface area contributed by atoms with E-state index in [-0.39, 0.29) is 18.6 Å². The van der Waals surface area contributed by atoms with Gasteiger partial charge in [-0.15, -0.1) is 0 Å². The standard InChI is InChI=1S/C22H33NO5/c1-3-5-14-27-19-13-12-17(15-20(19)26-4-2)22(25)28-16-21(24)23-18-10-8-6-7-9-11-18/h12-13,15,18H,3-11,14,16H2,1-2H3,(H,23,24). The maximum atomic E-state index is 12.3. The Labute approximate surface area is 167 Å². The minimum atomic E-state index is -0.544. The van der Waals surface area contributed by atoms with Gasteiger partial charge in [-0.25, -0.2) is 4.79 Å². The van der Waals surface area contributed by atoms with Crippen LogP contribution in [0.2, 0.25) is 0 Å². The maximum absolute atomic E-state index is 12.3. The van der Waals surface area contributed by atoms with E-state index in [4.69, 9.17) is 14.2 Å². The molecule has 28 heavy (non-hydrogen) atoms. The first-order valence-electron chi connectivity index (χ1n) is 10.5. The van der Waals surface area contributed by atoms with Crippen LogP contribution >= 0.6 is 0 Å². The quantitative estimate of drug-likeness (QED) is 0.366. The lowest BCUT2D eigenvalue weighted by Crippen LogP contribution is -2.37. The SMILES string of the molecule is CCCCOc1ccc(C(=O)OCC(=O)NC2CCCCCC2)cc1OCC. The highest BCUT2D eigenvalue weighted by molar-refractivity contribution is 5.92. The second-order valence-electron chi connectivity index (χ2n) is 7.13. The lowest BCUT2D eigenvalue weighted by Gasteiger charge is -2.16. The van der Waals surface area contributed by atoms with E-state index in [0.29, 0.717) is 30.3 Å². The first kappa shape index (κ1) is 22.1. The zero-order valence-corrected chi connectivity index (χ0v) is 17.1. The molecule has 0 spiro atoms. The summed E-state index contributed by atoms with van der Waals surface area (Å²) in [6.07, 6.45) is 8.70. The van der Waals surface area contributed by atoms with Gasteiger partial charge in [0.2, 0.25) is 0 Å². The molecule has 1 aliphatic carbocycles. The number of hydrogen-bond acceptors (Lipinski definition) is 5. The van der Waals surface area contributed by atoms with Crippen LogP contribution in [-0.4, -0.2) is 37.7 Å². The maximum Gasteiger partial charge on any atom is 0.338 e. The third kappa shape index (κ3) is 7.41. The van der Waals surface area contributed by atoms with Crippen molar-refractivity contribution in [3.8, 4) is 11.5 Å². The molecule has 6 heteroatoms. The molecule has 0 saturated heterocycles. The molecular formula is C22H33NO5. The number of unbranched alkanes of at least 4 members (excludes halogenated alkanes) is 1. The molecule has 1 saturated carbocycles. The lowest BCUT2D eigenvalue weighted by atomic mass is 10.1. The number of nitrogens with one attached hydrogen (secondary N) is 1. The molecule has 0 heterocycles. The van der Waals surface area contributed by atoms with E-state index >= 15 is 0 Å². The Kier molecular flexibility index (Phi) is 9.66. The van der Waals surface area contributed by atoms with Crippen LogP contribution < -0.4 is 14.8 Å². The summed E-state index contributed by atoms with van der Waals surface area (Å²) in [6, 6.07) is 5.15. The Hall–Kier alpha value is -2.24. The average Bonchev–Trinajstić information content (AvgIpc) is 2.96. The van der Waals surface area contributed by atoms with Gasteiger partial charge in [-0.2, -0.15) is 0 Å². The van der Waals surface area contributed by atoms with E-state index in [1.54, 1.807) is 18.2 Å². The second kappa shape index (κ2) is 12.3. The normalized spacial score (nSPS) is 14.8. The second-order valence-corrected chi connectivity index (χ2v) is 7.13. The van der Waals surface area contributed by atoms with Crippen molar-refractivity contribution in [1.82, 2.24) is 5.32 Å². The van der Waals surface area contributed by atoms with Crippen LogP contribution in [0.15, 0.2) is 18.2 Å². The van der Waals surface area contributed by atoms with Gasteiger partial charge in [0.05, 0.1) is 18.8 Å². The fourth-order valence-corrected chi connectivity index (χ4v) is 3.26. The smallest absolute Gasteiger partial charge is 0.338 e. The van der Waals surface area contributed by atoms with Crippen molar-refractivity contribution in [2.24, 2.45) is 0 Å². The van der Waals surface area contributed by atoms with Crippen LogP contribution in [0.1, 0.15) is 75.6 Å². The van der Waals surface area contributed by atoms with Crippen LogP contribution in [0.4, 0.5) is 0 Å². The molecule has 1 aliphatic rings. The number of ether oxygens (including phenoxy) is 3. The monoisotopic (exact) mass is 391 g/mol. The zero-order chi connectivity index (χ0) is 20.2. The van der Waals surface area contributed by atoms with Gasteiger partial charge in [-0.1, -0.05) is 39.0 Å². The molecule has 2 rings (SSSR count). The fraction of sp³-hybridized carbons (Fsp3) is 0.636. The van der Waals surface area contributed by atoms with Gasteiger partial charge >= 0.3 is 5.97 Å². The summed E-state index contributed by atoms with van der Waals surface area (Å²) in [4.78, 5) is 24.4. The predicted molar refractivity (Wildman–Crippen MR) is 108 cm³/mol. The summed E-state index contributed by atoms with van der Waals surface area (Å²) >= 11 is 0. The molecule has 0 bridgehead atoms. The topological polar surface area (TPSA) is 73.9 Å². The largest absolute Gasteiger partial charge is 0.490 e. The summed E-state index contributed by atoms with van der Waals surface area (Å²) in [6.45, 7) is 4.76. The van der Waals surface area contributed by atoms with Crippen LogP contribution in [0.3, 0.4) is 0 Å². The van der Waals surface area contributed by atoms with E-state index in [9.17, 15) is 9.59 Å². The van der Waals surface area contributed by atoms with E-state index in [0.717, 1.165) is 38.5 Å². The highest BCUT2D eigenvalue weighted by Gasteiger charge is 2.17. The fourth-order valence-electron chi connectivity index (χ4n) is 3.26. The Balaban J connectivity index is 1.87. The molecule has 1 amide bonds. The summed E-state index contributed by atoms with van der Waals surface area (Å²) in [5, 5.41) is 2.97. The summed E-state index contributed by atoms with van der Waals surface area (Å²) in [5.41, 5.74) is 0.341. The van der Waals surface area contributed by atoms with E-state index in [1.807, 2.05) is 6.92 Å². The molecule has 0 aliphatic heterocycles. The molecule has 6 nitrogen and oxygen atoms in total. The number of amides is 1.